The average Bonchev–Trinajstić information content (AvgIpc) is 3.35. The van der Waals surface area contributed by atoms with Crippen molar-refractivity contribution in [1.82, 2.24) is 5.32 Å². The van der Waals surface area contributed by atoms with E-state index in [1.807, 2.05) is 55.5 Å². The van der Waals surface area contributed by atoms with Gasteiger partial charge in [0.1, 0.15) is 0 Å². The van der Waals surface area contributed by atoms with E-state index in [1.165, 1.54) is 0 Å². The molecule has 0 spiro atoms. The highest BCUT2D eigenvalue weighted by atomic mass is 16.2. The molecule has 2 N–H and O–H groups in total. The van der Waals surface area contributed by atoms with Gasteiger partial charge in [-0.25, -0.2) is 0 Å². The summed E-state index contributed by atoms with van der Waals surface area (Å²) in [4.78, 5) is 28.4. The third-order valence-electron chi connectivity index (χ3n) is 7.01. The molecule has 2 aromatic rings. The lowest BCUT2D eigenvalue weighted by Crippen LogP contribution is -2.35. The lowest BCUT2D eigenvalue weighted by atomic mass is 9.97. The van der Waals surface area contributed by atoms with Crippen molar-refractivity contribution in [2.75, 3.05) is 23.3 Å². The Morgan fingerprint density at radius 3 is 2.34 bits per heavy atom. The van der Waals surface area contributed by atoms with Crippen LogP contribution in [0.1, 0.15) is 74.3 Å². The first-order chi connectivity index (χ1) is 15.5. The maximum atomic E-state index is 13.4. The molecule has 4 rings (SSSR count). The Morgan fingerprint density at radius 1 is 0.969 bits per heavy atom. The van der Waals surface area contributed by atoms with Gasteiger partial charge in [-0.05, 0) is 62.3 Å². The molecule has 5 nitrogen and oxygen atoms in total. The first-order valence-corrected chi connectivity index (χ1v) is 12.1. The molecule has 2 fully saturated rings. The van der Waals surface area contributed by atoms with E-state index in [4.69, 9.17) is 0 Å². The molecule has 0 unspecified atom stereocenters. The number of nitrogens with zero attached hydrogens (tertiary/aromatic N) is 1. The minimum atomic E-state index is -0.105. The van der Waals surface area contributed by atoms with Gasteiger partial charge in [0.05, 0.1) is 11.6 Å². The fourth-order valence-electron chi connectivity index (χ4n) is 4.85. The zero-order valence-electron chi connectivity index (χ0n) is 19.3. The molecule has 1 atom stereocenters. The van der Waals surface area contributed by atoms with E-state index in [0.717, 1.165) is 62.9 Å². The summed E-state index contributed by atoms with van der Waals surface area (Å²) in [5.41, 5.74) is 3.36. The number of anilines is 2. The van der Waals surface area contributed by atoms with Crippen LogP contribution in [0.25, 0.3) is 0 Å². The Labute approximate surface area is 191 Å². The Hall–Kier alpha value is -2.82. The molecule has 1 aliphatic heterocycles. The highest BCUT2D eigenvalue weighted by Gasteiger charge is 2.25. The van der Waals surface area contributed by atoms with Crippen LogP contribution in [-0.4, -0.2) is 24.9 Å². The summed E-state index contributed by atoms with van der Waals surface area (Å²) in [5, 5.41) is 6.22. The molecule has 2 aromatic carbocycles. The largest absolute Gasteiger partial charge is 0.371 e. The second-order valence-electron chi connectivity index (χ2n) is 9.48. The highest BCUT2D eigenvalue weighted by Crippen LogP contribution is 2.31. The van der Waals surface area contributed by atoms with E-state index in [9.17, 15) is 9.59 Å². The van der Waals surface area contributed by atoms with Gasteiger partial charge in [-0.15, -0.1) is 0 Å². The van der Waals surface area contributed by atoms with Crippen molar-refractivity contribution in [2.45, 2.75) is 58.4 Å². The zero-order valence-corrected chi connectivity index (χ0v) is 19.3. The van der Waals surface area contributed by atoms with Crippen molar-refractivity contribution in [1.29, 1.82) is 0 Å². The maximum absolute atomic E-state index is 13.4. The van der Waals surface area contributed by atoms with E-state index in [-0.39, 0.29) is 23.8 Å². The van der Waals surface area contributed by atoms with Gasteiger partial charge < -0.3 is 15.5 Å². The minimum absolute atomic E-state index is 0.0751. The predicted octanol–water partition coefficient (Wildman–Crippen LogP) is 5.54. The molecule has 0 aromatic heterocycles. The van der Waals surface area contributed by atoms with E-state index in [1.54, 1.807) is 0 Å². The standard InChI is InChI=1S/C27H35N3O2/c1-19-14-16-30(17-15-19)25-13-12-23(29-26(31)22-10-6-7-11-22)18-24(25)27(32)28-20(2)21-8-4-3-5-9-21/h3-5,8-9,12-13,18-20,22H,6-7,10-11,14-17H2,1-2H3,(H,28,32)(H,29,31)/t20-/m0/s1. The van der Waals surface area contributed by atoms with Crippen molar-refractivity contribution in [2.24, 2.45) is 11.8 Å². The first-order valence-electron chi connectivity index (χ1n) is 12.1. The predicted molar refractivity (Wildman–Crippen MR) is 130 cm³/mol. The van der Waals surface area contributed by atoms with Crippen molar-refractivity contribution in [3.63, 3.8) is 0 Å². The number of hydrogen-bond acceptors (Lipinski definition) is 3. The Morgan fingerprint density at radius 2 is 1.66 bits per heavy atom. The van der Waals surface area contributed by atoms with Crippen LogP contribution in [0.15, 0.2) is 48.5 Å². The molecule has 170 valence electrons. The molecule has 2 amide bonds. The van der Waals surface area contributed by atoms with Crippen LogP contribution < -0.4 is 15.5 Å². The second kappa shape index (κ2) is 10.2. The number of carbonyl (C=O) groups is 2. The minimum Gasteiger partial charge on any atom is -0.371 e. The molecular formula is C27H35N3O2. The Balaban J connectivity index is 1.56. The van der Waals surface area contributed by atoms with Gasteiger partial charge in [0, 0.05) is 30.4 Å². The molecular weight excluding hydrogens is 398 g/mol. The number of amides is 2. The first kappa shape index (κ1) is 22.4. The molecule has 0 radical (unpaired) electrons. The fourth-order valence-corrected chi connectivity index (χ4v) is 4.85. The normalized spacial score (nSPS) is 18.4. The van der Waals surface area contributed by atoms with Crippen LogP contribution in [0.5, 0.6) is 0 Å². The van der Waals surface area contributed by atoms with Crippen LogP contribution in [0.2, 0.25) is 0 Å². The summed E-state index contributed by atoms with van der Waals surface area (Å²) in [6.45, 7) is 6.18. The van der Waals surface area contributed by atoms with Crippen LogP contribution in [0.3, 0.4) is 0 Å². The molecule has 1 heterocycles. The van der Waals surface area contributed by atoms with Crippen LogP contribution in [0.4, 0.5) is 11.4 Å². The summed E-state index contributed by atoms with van der Waals surface area (Å²) in [6, 6.07) is 15.7. The number of rotatable bonds is 6. The fraction of sp³-hybridized carbons (Fsp3) is 0.481. The SMILES string of the molecule is CC1CCN(c2ccc(NC(=O)C3CCCC3)cc2C(=O)N[C@@H](C)c2ccccc2)CC1. The van der Waals surface area contributed by atoms with Gasteiger partial charge in [-0.2, -0.15) is 0 Å². The molecule has 1 saturated carbocycles. The summed E-state index contributed by atoms with van der Waals surface area (Å²) >= 11 is 0. The number of carbonyl (C=O) groups excluding carboxylic acids is 2. The van der Waals surface area contributed by atoms with E-state index in [0.29, 0.717) is 17.2 Å². The van der Waals surface area contributed by atoms with E-state index < -0.39 is 0 Å². The molecule has 32 heavy (non-hydrogen) atoms. The number of benzene rings is 2. The Bertz CT molecular complexity index is 929. The molecule has 5 heteroatoms. The molecule has 0 bridgehead atoms. The van der Waals surface area contributed by atoms with E-state index in [2.05, 4.69) is 22.5 Å². The smallest absolute Gasteiger partial charge is 0.253 e. The van der Waals surface area contributed by atoms with E-state index >= 15 is 0 Å². The topological polar surface area (TPSA) is 61.4 Å². The van der Waals surface area contributed by atoms with Crippen molar-refractivity contribution < 1.29 is 9.59 Å². The van der Waals surface area contributed by atoms with Gasteiger partial charge >= 0.3 is 0 Å². The van der Waals surface area contributed by atoms with Crippen molar-refractivity contribution >= 4 is 23.2 Å². The second-order valence-corrected chi connectivity index (χ2v) is 9.48. The Kier molecular flexibility index (Phi) is 7.13. The van der Waals surface area contributed by atoms with Gasteiger partial charge in [-0.1, -0.05) is 50.1 Å². The summed E-state index contributed by atoms with van der Waals surface area (Å²) in [6.07, 6.45) is 6.41. The van der Waals surface area contributed by atoms with Gasteiger partial charge in [-0.3, -0.25) is 9.59 Å². The average molecular weight is 434 g/mol. The lowest BCUT2D eigenvalue weighted by Gasteiger charge is -2.33. The number of piperidine rings is 1. The third kappa shape index (κ3) is 5.32. The summed E-state index contributed by atoms with van der Waals surface area (Å²) < 4.78 is 0. The molecule has 2 aliphatic rings. The maximum Gasteiger partial charge on any atom is 0.253 e. The number of hydrogen-bond donors (Lipinski definition) is 2. The van der Waals surface area contributed by atoms with Gasteiger partial charge in [0.15, 0.2) is 0 Å². The molecule has 1 saturated heterocycles. The van der Waals surface area contributed by atoms with Crippen LogP contribution >= 0.6 is 0 Å². The third-order valence-corrected chi connectivity index (χ3v) is 7.01. The zero-order chi connectivity index (χ0) is 22.5. The highest BCUT2D eigenvalue weighted by molar-refractivity contribution is 6.02. The van der Waals surface area contributed by atoms with Gasteiger partial charge in [0.2, 0.25) is 5.91 Å². The summed E-state index contributed by atoms with van der Waals surface area (Å²) in [5.74, 6) is 0.776. The summed E-state index contributed by atoms with van der Waals surface area (Å²) in [7, 11) is 0. The lowest BCUT2D eigenvalue weighted by molar-refractivity contribution is -0.119. The van der Waals surface area contributed by atoms with Crippen LogP contribution in [0, 0.1) is 11.8 Å². The quantitative estimate of drug-likeness (QED) is 0.628. The van der Waals surface area contributed by atoms with Crippen molar-refractivity contribution in [3.8, 4) is 0 Å². The monoisotopic (exact) mass is 433 g/mol. The number of nitrogens with one attached hydrogen (secondary N) is 2. The van der Waals surface area contributed by atoms with Crippen LogP contribution in [-0.2, 0) is 4.79 Å². The van der Waals surface area contributed by atoms with Crippen molar-refractivity contribution in [3.05, 3.63) is 59.7 Å². The van der Waals surface area contributed by atoms with Gasteiger partial charge in [0.25, 0.3) is 5.91 Å². The molecule has 1 aliphatic carbocycles.